The van der Waals surface area contributed by atoms with Crippen molar-refractivity contribution in [2.45, 2.75) is 19.5 Å². The van der Waals surface area contributed by atoms with Crippen molar-refractivity contribution in [3.8, 4) is 0 Å². The molecule has 0 spiro atoms. The fourth-order valence-electron chi connectivity index (χ4n) is 1.67. The zero-order valence-corrected chi connectivity index (χ0v) is 9.54. The standard InChI is InChI=1S/C12H10F2O4/c1-2-17-11(16)12(13,14)8-3-4-9-7(5-8)6-18-10(9)15/h3-5H,2,6H2,1H3. The Bertz CT molecular complexity index is 511. The van der Waals surface area contributed by atoms with Crippen molar-refractivity contribution >= 4 is 11.9 Å². The van der Waals surface area contributed by atoms with Gasteiger partial charge in [0.2, 0.25) is 0 Å². The molecule has 0 saturated heterocycles. The summed E-state index contributed by atoms with van der Waals surface area (Å²) in [6, 6.07) is 3.35. The van der Waals surface area contributed by atoms with E-state index in [1.54, 1.807) is 0 Å². The second-order valence-corrected chi connectivity index (χ2v) is 3.74. The van der Waals surface area contributed by atoms with Crippen LogP contribution in [-0.4, -0.2) is 18.5 Å². The number of rotatable bonds is 3. The van der Waals surface area contributed by atoms with Crippen LogP contribution in [0.4, 0.5) is 8.78 Å². The van der Waals surface area contributed by atoms with Gasteiger partial charge in [-0.05, 0) is 19.1 Å². The van der Waals surface area contributed by atoms with Crippen LogP contribution in [0.5, 0.6) is 0 Å². The number of hydrogen-bond donors (Lipinski definition) is 0. The molecule has 6 heteroatoms. The molecule has 0 saturated carbocycles. The third kappa shape index (κ3) is 1.94. The highest BCUT2D eigenvalue weighted by Crippen LogP contribution is 2.32. The number of fused-ring (bicyclic) bond motifs is 1. The summed E-state index contributed by atoms with van der Waals surface area (Å²) in [4.78, 5) is 22.3. The van der Waals surface area contributed by atoms with Gasteiger partial charge in [0, 0.05) is 11.1 Å². The Morgan fingerprint density at radius 2 is 2.22 bits per heavy atom. The molecule has 0 radical (unpaired) electrons. The van der Waals surface area contributed by atoms with Gasteiger partial charge >= 0.3 is 17.9 Å². The number of hydrogen-bond acceptors (Lipinski definition) is 4. The molecule has 0 fully saturated rings. The van der Waals surface area contributed by atoms with Crippen LogP contribution in [0.25, 0.3) is 0 Å². The summed E-state index contributed by atoms with van der Waals surface area (Å²) in [6.45, 7) is 1.27. The van der Waals surface area contributed by atoms with E-state index in [1.807, 2.05) is 0 Å². The van der Waals surface area contributed by atoms with E-state index in [-0.39, 0.29) is 18.8 Å². The molecule has 1 heterocycles. The van der Waals surface area contributed by atoms with Crippen molar-refractivity contribution in [2.24, 2.45) is 0 Å². The first-order valence-corrected chi connectivity index (χ1v) is 5.32. The Balaban J connectivity index is 2.35. The predicted octanol–water partition coefficient (Wildman–Crippen LogP) is 2.01. The number of halogens is 2. The Kier molecular flexibility index (Phi) is 3.02. The predicted molar refractivity (Wildman–Crippen MR) is 56.1 cm³/mol. The van der Waals surface area contributed by atoms with E-state index < -0.39 is 23.4 Å². The lowest BCUT2D eigenvalue weighted by molar-refractivity contribution is -0.173. The molecule has 18 heavy (non-hydrogen) atoms. The van der Waals surface area contributed by atoms with Gasteiger partial charge in [-0.25, -0.2) is 9.59 Å². The van der Waals surface area contributed by atoms with Gasteiger partial charge in [0.05, 0.1) is 12.2 Å². The number of alkyl halides is 2. The number of benzene rings is 1. The van der Waals surface area contributed by atoms with Crippen LogP contribution in [0.15, 0.2) is 18.2 Å². The normalized spacial score (nSPS) is 14.1. The largest absolute Gasteiger partial charge is 0.461 e. The first-order valence-electron chi connectivity index (χ1n) is 5.32. The van der Waals surface area contributed by atoms with Crippen LogP contribution in [0.2, 0.25) is 0 Å². The average Bonchev–Trinajstić information content (AvgIpc) is 2.71. The molecule has 0 bridgehead atoms. The van der Waals surface area contributed by atoms with Crippen molar-refractivity contribution in [3.05, 3.63) is 34.9 Å². The number of ether oxygens (including phenoxy) is 2. The zero-order valence-electron chi connectivity index (χ0n) is 9.54. The van der Waals surface area contributed by atoms with Crippen LogP contribution in [0.1, 0.15) is 28.4 Å². The highest BCUT2D eigenvalue weighted by Gasteiger charge is 2.43. The fraction of sp³-hybridized carbons (Fsp3) is 0.333. The zero-order chi connectivity index (χ0) is 13.3. The van der Waals surface area contributed by atoms with E-state index in [9.17, 15) is 18.4 Å². The molecule has 1 aromatic carbocycles. The van der Waals surface area contributed by atoms with Crippen molar-refractivity contribution < 1.29 is 27.8 Å². The molecule has 96 valence electrons. The summed E-state index contributed by atoms with van der Waals surface area (Å²) in [7, 11) is 0. The number of esters is 2. The molecule has 0 amide bonds. The summed E-state index contributed by atoms with van der Waals surface area (Å²) in [5.41, 5.74) is 0.0953. The van der Waals surface area contributed by atoms with E-state index in [2.05, 4.69) is 4.74 Å². The van der Waals surface area contributed by atoms with Gasteiger partial charge in [0.15, 0.2) is 0 Å². The Morgan fingerprint density at radius 3 is 2.89 bits per heavy atom. The van der Waals surface area contributed by atoms with Gasteiger partial charge in [0.1, 0.15) is 6.61 Å². The van der Waals surface area contributed by atoms with Gasteiger partial charge in [-0.1, -0.05) is 6.07 Å². The molecule has 1 aromatic rings. The van der Waals surface area contributed by atoms with Gasteiger partial charge in [-0.2, -0.15) is 8.78 Å². The SMILES string of the molecule is CCOC(=O)C(F)(F)c1ccc2c(c1)COC2=O. The summed E-state index contributed by atoms with van der Waals surface area (Å²) in [5.74, 6) is -5.87. The van der Waals surface area contributed by atoms with Gasteiger partial charge < -0.3 is 9.47 Å². The quantitative estimate of drug-likeness (QED) is 0.776. The first-order chi connectivity index (χ1) is 8.46. The monoisotopic (exact) mass is 256 g/mol. The van der Waals surface area contributed by atoms with Crippen molar-refractivity contribution in [2.75, 3.05) is 6.61 Å². The molecule has 0 aliphatic carbocycles. The summed E-state index contributed by atoms with van der Waals surface area (Å²) < 4.78 is 36.4. The minimum Gasteiger partial charge on any atom is -0.461 e. The molecule has 0 N–H and O–H groups in total. The molecular formula is C12H10F2O4. The molecular weight excluding hydrogens is 246 g/mol. The highest BCUT2D eigenvalue weighted by atomic mass is 19.3. The third-order valence-corrected chi connectivity index (χ3v) is 2.58. The molecule has 0 atom stereocenters. The molecule has 4 nitrogen and oxygen atoms in total. The minimum atomic E-state index is -3.73. The lowest BCUT2D eigenvalue weighted by Crippen LogP contribution is -2.28. The van der Waals surface area contributed by atoms with Crippen LogP contribution in [-0.2, 0) is 26.8 Å². The summed E-state index contributed by atoms with van der Waals surface area (Å²) >= 11 is 0. The van der Waals surface area contributed by atoms with E-state index in [4.69, 9.17) is 4.74 Å². The minimum absolute atomic E-state index is 0.0547. The summed E-state index contributed by atoms with van der Waals surface area (Å²) in [5, 5.41) is 0. The van der Waals surface area contributed by atoms with E-state index in [0.29, 0.717) is 5.56 Å². The molecule has 0 aromatic heterocycles. The Morgan fingerprint density at radius 1 is 1.50 bits per heavy atom. The lowest BCUT2D eigenvalue weighted by Gasteiger charge is -2.15. The van der Waals surface area contributed by atoms with E-state index >= 15 is 0 Å². The average molecular weight is 256 g/mol. The van der Waals surface area contributed by atoms with Gasteiger partial charge in [-0.3, -0.25) is 0 Å². The van der Waals surface area contributed by atoms with Crippen LogP contribution >= 0.6 is 0 Å². The Labute approximate surface area is 101 Å². The van der Waals surface area contributed by atoms with E-state index in [1.165, 1.54) is 13.0 Å². The molecule has 1 aliphatic heterocycles. The second kappa shape index (κ2) is 4.36. The number of carbonyl (C=O) groups is 2. The maximum Gasteiger partial charge on any atom is 0.381 e. The van der Waals surface area contributed by atoms with Crippen molar-refractivity contribution in [1.29, 1.82) is 0 Å². The molecule has 2 rings (SSSR count). The molecule has 0 unspecified atom stereocenters. The summed E-state index contributed by atoms with van der Waals surface area (Å²) in [6.07, 6.45) is 0. The van der Waals surface area contributed by atoms with Crippen molar-refractivity contribution in [1.82, 2.24) is 0 Å². The van der Waals surface area contributed by atoms with Crippen LogP contribution < -0.4 is 0 Å². The second-order valence-electron chi connectivity index (χ2n) is 3.74. The molecule has 1 aliphatic rings. The van der Waals surface area contributed by atoms with Crippen molar-refractivity contribution in [3.63, 3.8) is 0 Å². The topological polar surface area (TPSA) is 52.6 Å². The Hall–Kier alpha value is -1.98. The smallest absolute Gasteiger partial charge is 0.381 e. The number of cyclic esters (lactones) is 1. The van der Waals surface area contributed by atoms with Crippen LogP contribution in [0, 0.1) is 0 Å². The maximum absolute atomic E-state index is 13.7. The first kappa shape index (κ1) is 12.5. The maximum atomic E-state index is 13.7. The highest BCUT2D eigenvalue weighted by molar-refractivity contribution is 5.93. The number of carbonyl (C=O) groups excluding carboxylic acids is 2. The van der Waals surface area contributed by atoms with Gasteiger partial charge in [0.25, 0.3) is 0 Å². The fourth-order valence-corrected chi connectivity index (χ4v) is 1.67. The third-order valence-electron chi connectivity index (χ3n) is 2.58. The van der Waals surface area contributed by atoms with E-state index in [0.717, 1.165) is 12.1 Å². The lowest BCUT2D eigenvalue weighted by atomic mass is 10.0. The van der Waals surface area contributed by atoms with Crippen LogP contribution in [0.3, 0.4) is 0 Å². The van der Waals surface area contributed by atoms with Gasteiger partial charge in [-0.15, -0.1) is 0 Å².